The van der Waals surface area contributed by atoms with Crippen LogP contribution >= 0.6 is 11.6 Å². The van der Waals surface area contributed by atoms with E-state index >= 15 is 4.39 Å². The van der Waals surface area contributed by atoms with Crippen LogP contribution in [0.4, 0.5) is 4.39 Å². The van der Waals surface area contributed by atoms with Crippen molar-refractivity contribution >= 4 is 22.6 Å². The fourth-order valence-corrected chi connectivity index (χ4v) is 3.12. The number of hydrogen-bond donors (Lipinski definition) is 1. The molecule has 138 valence electrons. The van der Waals surface area contributed by atoms with E-state index in [1.165, 1.54) is 6.07 Å². The number of aromatic amines is 1. The van der Waals surface area contributed by atoms with Crippen LogP contribution < -0.4 is 4.74 Å². The second kappa shape index (κ2) is 7.25. The Kier molecular flexibility index (Phi) is 4.63. The van der Waals surface area contributed by atoms with Gasteiger partial charge in [-0.15, -0.1) is 5.10 Å². The van der Waals surface area contributed by atoms with Crippen molar-refractivity contribution in [3.05, 3.63) is 75.8 Å². The molecule has 0 saturated carbocycles. The SMILES string of the molecule is Cc1cc(C#N)cc(Oc2c(Cl)ccc(Cc3n[nH]c4nnccc34)c2F)c1. The summed E-state index contributed by atoms with van der Waals surface area (Å²) in [5, 5.41) is 24.7. The maximum Gasteiger partial charge on any atom is 0.181 e. The van der Waals surface area contributed by atoms with Crippen LogP contribution in [0.2, 0.25) is 5.02 Å². The van der Waals surface area contributed by atoms with Crippen LogP contribution in [-0.2, 0) is 6.42 Å². The van der Waals surface area contributed by atoms with Crippen molar-refractivity contribution in [3.8, 4) is 17.6 Å². The average Bonchev–Trinajstić information content (AvgIpc) is 3.10. The van der Waals surface area contributed by atoms with Crippen LogP contribution in [0.15, 0.2) is 42.6 Å². The Balaban J connectivity index is 1.70. The van der Waals surface area contributed by atoms with E-state index in [0.717, 1.165) is 10.9 Å². The van der Waals surface area contributed by atoms with Gasteiger partial charge in [0.15, 0.2) is 17.2 Å². The third kappa shape index (κ3) is 3.38. The van der Waals surface area contributed by atoms with E-state index < -0.39 is 5.82 Å². The molecule has 0 amide bonds. The third-order valence-electron chi connectivity index (χ3n) is 4.22. The molecule has 1 N–H and O–H groups in total. The first-order valence-corrected chi connectivity index (χ1v) is 8.74. The van der Waals surface area contributed by atoms with Crippen LogP contribution in [-0.4, -0.2) is 20.4 Å². The number of nitriles is 1. The number of H-pyrrole nitrogens is 1. The number of aryl methyl sites for hydroxylation is 1. The number of hydrogen-bond acceptors (Lipinski definition) is 5. The molecule has 0 atom stereocenters. The minimum absolute atomic E-state index is 0.0895. The Hall–Kier alpha value is -3.50. The number of halogens is 2. The molecule has 0 aliphatic heterocycles. The molecule has 2 aromatic carbocycles. The topological polar surface area (TPSA) is 87.5 Å². The molecule has 2 aromatic heterocycles. The third-order valence-corrected chi connectivity index (χ3v) is 4.51. The van der Waals surface area contributed by atoms with Crippen LogP contribution in [0.3, 0.4) is 0 Å². The molecule has 0 fully saturated rings. The molecule has 0 saturated heterocycles. The fourth-order valence-electron chi connectivity index (χ4n) is 2.94. The van der Waals surface area contributed by atoms with E-state index in [-0.39, 0.29) is 17.2 Å². The van der Waals surface area contributed by atoms with Crippen molar-refractivity contribution in [1.29, 1.82) is 5.26 Å². The molecule has 8 heteroatoms. The van der Waals surface area contributed by atoms with Gasteiger partial charge in [0.2, 0.25) is 0 Å². The molecule has 0 aliphatic carbocycles. The van der Waals surface area contributed by atoms with Gasteiger partial charge < -0.3 is 4.74 Å². The van der Waals surface area contributed by atoms with E-state index in [1.807, 2.05) is 6.92 Å². The number of nitrogens with zero attached hydrogens (tertiary/aromatic N) is 4. The Morgan fingerprint density at radius 2 is 2.11 bits per heavy atom. The first kappa shape index (κ1) is 17.9. The second-order valence-electron chi connectivity index (χ2n) is 6.24. The number of benzene rings is 2. The van der Waals surface area contributed by atoms with Gasteiger partial charge in [-0.2, -0.15) is 15.5 Å². The van der Waals surface area contributed by atoms with E-state index in [2.05, 4.69) is 26.5 Å². The minimum atomic E-state index is -0.578. The van der Waals surface area contributed by atoms with E-state index in [4.69, 9.17) is 21.6 Å². The maximum atomic E-state index is 15.2. The lowest BCUT2D eigenvalue weighted by atomic mass is 10.1. The summed E-state index contributed by atoms with van der Waals surface area (Å²) in [6, 6.07) is 12.0. The van der Waals surface area contributed by atoms with E-state index in [0.29, 0.717) is 28.2 Å². The lowest BCUT2D eigenvalue weighted by molar-refractivity contribution is 0.439. The standard InChI is InChI=1S/C20H13ClFN5O/c1-11-6-12(10-23)8-14(7-11)28-19-16(21)3-2-13(18(19)22)9-17-15-4-5-24-26-20(15)27-25-17/h2-8H,9H2,1H3,(H,25,26,27). The number of ether oxygens (including phenoxy) is 1. The zero-order chi connectivity index (χ0) is 19.7. The first-order chi connectivity index (χ1) is 13.5. The summed E-state index contributed by atoms with van der Waals surface area (Å²) in [6.45, 7) is 1.83. The fraction of sp³-hybridized carbons (Fsp3) is 0.100. The van der Waals surface area contributed by atoms with Gasteiger partial charge in [0, 0.05) is 11.8 Å². The molecule has 4 rings (SSSR count). The molecule has 0 spiro atoms. The van der Waals surface area contributed by atoms with Crippen molar-refractivity contribution in [2.75, 3.05) is 0 Å². The highest BCUT2D eigenvalue weighted by molar-refractivity contribution is 6.32. The van der Waals surface area contributed by atoms with Crippen molar-refractivity contribution in [2.24, 2.45) is 0 Å². The number of fused-ring (bicyclic) bond motifs is 1. The Morgan fingerprint density at radius 1 is 1.25 bits per heavy atom. The molecular formula is C20H13ClFN5O. The first-order valence-electron chi connectivity index (χ1n) is 8.36. The van der Waals surface area contributed by atoms with Gasteiger partial charge in [-0.1, -0.05) is 17.7 Å². The van der Waals surface area contributed by atoms with Crippen molar-refractivity contribution < 1.29 is 9.13 Å². The quantitative estimate of drug-likeness (QED) is 0.542. The molecular weight excluding hydrogens is 381 g/mol. The van der Waals surface area contributed by atoms with Gasteiger partial charge >= 0.3 is 0 Å². The number of aromatic nitrogens is 4. The highest BCUT2D eigenvalue weighted by Crippen LogP contribution is 2.35. The molecule has 6 nitrogen and oxygen atoms in total. The zero-order valence-electron chi connectivity index (χ0n) is 14.7. The van der Waals surface area contributed by atoms with E-state index in [9.17, 15) is 0 Å². The average molecular weight is 394 g/mol. The molecule has 4 aromatic rings. The van der Waals surface area contributed by atoms with Crippen LogP contribution in [0.25, 0.3) is 11.0 Å². The Labute approximate surface area is 164 Å². The van der Waals surface area contributed by atoms with Crippen molar-refractivity contribution in [2.45, 2.75) is 13.3 Å². The van der Waals surface area contributed by atoms with Gasteiger partial charge in [0.05, 0.1) is 28.5 Å². The lowest BCUT2D eigenvalue weighted by Gasteiger charge is -2.12. The number of nitrogens with one attached hydrogen (secondary N) is 1. The molecule has 0 aliphatic rings. The van der Waals surface area contributed by atoms with Crippen LogP contribution in [0.5, 0.6) is 11.5 Å². The number of rotatable bonds is 4. The maximum absolute atomic E-state index is 15.2. The summed E-state index contributed by atoms with van der Waals surface area (Å²) in [5.74, 6) is -0.325. The second-order valence-corrected chi connectivity index (χ2v) is 6.65. The molecule has 28 heavy (non-hydrogen) atoms. The highest BCUT2D eigenvalue weighted by Gasteiger charge is 2.18. The van der Waals surface area contributed by atoms with Gasteiger partial charge in [0.1, 0.15) is 5.75 Å². The van der Waals surface area contributed by atoms with Gasteiger partial charge in [-0.25, -0.2) is 4.39 Å². The van der Waals surface area contributed by atoms with Crippen LogP contribution in [0.1, 0.15) is 22.4 Å². The molecule has 0 unspecified atom stereocenters. The summed E-state index contributed by atoms with van der Waals surface area (Å²) >= 11 is 6.17. The Bertz CT molecular complexity index is 1230. The predicted molar refractivity (Wildman–Crippen MR) is 102 cm³/mol. The van der Waals surface area contributed by atoms with Crippen molar-refractivity contribution in [3.63, 3.8) is 0 Å². The van der Waals surface area contributed by atoms with E-state index in [1.54, 1.807) is 36.5 Å². The highest BCUT2D eigenvalue weighted by atomic mass is 35.5. The predicted octanol–water partition coefficient (Wildman–Crippen LogP) is 4.71. The Morgan fingerprint density at radius 3 is 2.93 bits per heavy atom. The monoisotopic (exact) mass is 393 g/mol. The van der Waals surface area contributed by atoms with Gasteiger partial charge in [-0.3, -0.25) is 5.10 Å². The smallest absolute Gasteiger partial charge is 0.181 e. The van der Waals surface area contributed by atoms with Crippen LogP contribution in [0, 0.1) is 24.1 Å². The van der Waals surface area contributed by atoms with Crippen molar-refractivity contribution in [1.82, 2.24) is 20.4 Å². The largest absolute Gasteiger partial charge is 0.453 e. The lowest BCUT2D eigenvalue weighted by Crippen LogP contribution is -1.98. The minimum Gasteiger partial charge on any atom is -0.453 e. The summed E-state index contributed by atoms with van der Waals surface area (Å²) in [6.07, 6.45) is 1.78. The summed E-state index contributed by atoms with van der Waals surface area (Å²) in [4.78, 5) is 0. The summed E-state index contributed by atoms with van der Waals surface area (Å²) in [7, 11) is 0. The van der Waals surface area contributed by atoms with Gasteiger partial charge in [-0.05, 0) is 48.4 Å². The summed E-state index contributed by atoms with van der Waals surface area (Å²) < 4.78 is 20.9. The summed E-state index contributed by atoms with van der Waals surface area (Å²) in [5.41, 5.74) is 2.79. The van der Waals surface area contributed by atoms with Gasteiger partial charge in [0.25, 0.3) is 0 Å². The normalized spacial score (nSPS) is 10.8. The zero-order valence-corrected chi connectivity index (χ0v) is 15.5. The molecule has 2 heterocycles. The molecule has 0 radical (unpaired) electrons. The molecule has 0 bridgehead atoms.